The van der Waals surface area contributed by atoms with Crippen molar-refractivity contribution in [2.45, 2.75) is 19.9 Å². The molecule has 2 aromatic carbocycles. The van der Waals surface area contributed by atoms with Crippen molar-refractivity contribution in [3.8, 4) is 0 Å². The molecule has 100 valence electrons. The number of fused-ring (bicyclic) bond motifs is 1. The number of ketones is 1. The number of hydrogen-bond acceptors (Lipinski definition) is 2. The van der Waals surface area contributed by atoms with Gasteiger partial charge in [-0.3, -0.25) is 9.48 Å². The highest BCUT2D eigenvalue weighted by atomic mass is 16.1. The average Bonchev–Trinajstić information content (AvgIpc) is 2.95. The zero-order valence-corrected chi connectivity index (χ0v) is 11.4. The molecule has 0 unspecified atom stereocenters. The summed E-state index contributed by atoms with van der Waals surface area (Å²) in [5, 5.41) is 6.51. The summed E-state index contributed by atoms with van der Waals surface area (Å²) in [5.41, 5.74) is 1.72. The van der Waals surface area contributed by atoms with Crippen molar-refractivity contribution in [1.29, 1.82) is 0 Å². The molecule has 3 nitrogen and oxygen atoms in total. The van der Waals surface area contributed by atoms with Crippen LogP contribution in [-0.4, -0.2) is 15.6 Å². The highest BCUT2D eigenvalue weighted by molar-refractivity contribution is 5.96. The van der Waals surface area contributed by atoms with Crippen LogP contribution in [0, 0.1) is 0 Å². The van der Waals surface area contributed by atoms with Crippen LogP contribution in [0.4, 0.5) is 0 Å². The summed E-state index contributed by atoms with van der Waals surface area (Å²) in [6, 6.07) is 16.1. The first kappa shape index (κ1) is 12.6. The maximum Gasteiger partial charge on any atom is 0.185 e. The van der Waals surface area contributed by atoms with Crippen LogP contribution in [0.3, 0.4) is 0 Å². The molecule has 3 heteroatoms. The van der Waals surface area contributed by atoms with Gasteiger partial charge in [0, 0.05) is 19.2 Å². The second-order valence-corrected chi connectivity index (χ2v) is 4.81. The quantitative estimate of drug-likeness (QED) is 0.676. The normalized spacial score (nSPS) is 10.8. The van der Waals surface area contributed by atoms with Gasteiger partial charge in [0.15, 0.2) is 5.78 Å². The number of Topliss-reactive ketones (excluding diaryl/α,β-unsaturated/α-hetero) is 1. The van der Waals surface area contributed by atoms with Gasteiger partial charge in [-0.2, -0.15) is 5.10 Å². The Hall–Kier alpha value is -2.42. The second kappa shape index (κ2) is 5.29. The molecule has 0 atom stereocenters. The van der Waals surface area contributed by atoms with Gasteiger partial charge in [0.2, 0.25) is 0 Å². The third kappa shape index (κ3) is 2.35. The predicted octanol–water partition coefficient (Wildman–Crippen LogP) is 3.48. The molecule has 0 aliphatic carbocycles. The van der Waals surface area contributed by atoms with Crippen LogP contribution in [-0.2, 0) is 13.0 Å². The van der Waals surface area contributed by atoms with Crippen molar-refractivity contribution >= 4 is 16.6 Å². The molecule has 0 aliphatic rings. The van der Waals surface area contributed by atoms with E-state index in [1.165, 1.54) is 10.8 Å². The number of rotatable bonds is 4. The van der Waals surface area contributed by atoms with Crippen molar-refractivity contribution in [2.24, 2.45) is 0 Å². The van der Waals surface area contributed by atoms with E-state index in [1.807, 2.05) is 25.1 Å². The van der Waals surface area contributed by atoms with Crippen LogP contribution in [0.15, 0.2) is 54.7 Å². The molecular weight excluding hydrogens is 248 g/mol. The van der Waals surface area contributed by atoms with Crippen molar-refractivity contribution in [1.82, 2.24) is 9.78 Å². The molecule has 3 rings (SSSR count). The summed E-state index contributed by atoms with van der Waals surface area (Å²) in [6.45, 7) is 2.70. The van der Waals surface area contributed by atoms with E-state index in [9.17, 15) is 4.79 Å². The van der Waals surface area contributed by atoms with E-state index in [0.717, 1.165) is 5.56 Å². The molecule has 0 N–H and O–H groups in total. The van der Waals surface area contributed by atoms with Crippen LogP contribution in [0.25, 0.3) is 10.8 Å². The van der Waals surface area contributed by atoms with Gasteiger partial charge >= 0.3 is 0 Å². The van der Waals surface area contributed by atoms with Crippen molar-refractivity contribution in [2.75, 3.05) is 0 Å². The maximum atomic E-state index is 12.3. The topological polar surface area (TPSA) is 34.9 Å². The van der Waals surface area contributed by atoms with E-state index in [0.29, 0.717) is 18.7 Å². The molecule has 1 heterocycles. The van der Waals surface area contributed by atoms with Gasteiger partial charge in [0.25, 0.3) is 0 Å². The monoisotopic (exact) mass is 264 g/mol. The molecule has 0 saturated heterocycles. The second-order valence-electron chi connectivity index (χ2n) is 4.81. The Kier molecular flexibility index (Phi) is 3.33. The third-order valence-electron chi connectivity index (χ3n) is 3.48. The zero-order chi connectivity index (χ0) is 13.9. The van der Waals surface area contributed by atoms with Gasteiger partial charge in [0.1, 0.15) is 5.69 Å². The Balaban J connectivity index is 1.87. The van der Waals surface area contributed by atoms with Crippen LogP contribution < -0.4 is 0 Å². The molecule has 0 spiro atoms. The fourth-order valence-corrected chi connectivity index (χ4v) is 2.45. The summed E-state index contributed by atoms with van der Waals surface area (Å²) >= 11 is 0. The summed E-state index contributed by atoms with van der Waals surface area (Å²) in [5.74, 6) is 0.111. The van der Waals surface area contributed by atoms with E-state index in [1.54, 1.807) is 16.9 Å². The van der Waals surface area contributed by atoms with Gasteiger partial charge in [-0.25, -0.2) is 0 Å². The van der Waals surface area contributed by atoms with Gasteiger partial charge in [-0.15, -0.1) is 0 Å². The molecule has 0 bridgehead atoms. The lowest BCUT2D eigenvalue weighted by Gasteiger charge is -2.05. The van der Waals surface area contributed by atoms with Crippen molar-refractivity contribution in [3.05, 3.63) is 66.0 Å². The van der Waals surface area contributed by atoms with Gasteiger partial charge in [-0.1, -0.05) is 42.5 Å². The van der Waals surface area contributed by atoms with Gasteiger partial charge < -0.3 is 0 Å². The van der Waals surface area contributed by atoms with E-state index >= 15 is 0 Å². The lowest BCUT2D eigenvalue weighted by atomic mass is 10.0. The molecule has 0 radical (unpaired) electrons. The Morgan fingerprint density at radius 3 is 2.70 bits per heavy atom. The van der Waals surface area contributed by atoms with E-state index < -0.39 is 0 Å². The van der Waals surface area contributed by atoms with Gasteiger partial charge in [0.05, 0.1) is 0 Å². The first-order valence-corrected chi connectivity index (χ1v) is 6.80. The van der Waals surface area contributed by atoms with Crippen LogP contribution in [0.2, 0.25) is 0 Å². The molecule has 0 fully saturated rings. The molecule has 3 aromatic rings. The summed E-state index contributed by atoms with van der Waals surface area (Å²) < 4.78 is 1.74. The van der Waals surface area contributed by atoms with E-state index in [2.05, 4.69) is 29.4 Å². The molecule has 0 amide bonds. The number of hydrogen-bond donors (Lipinski definition) is 0. The molecular formula is C17H16N2O. The molecule has 0 saturated carbocycles. The highest BCUT2D eigenvalue weighted by Crippen LogP contribution is 2.17. The van der Waals surface area contributed by atoms with E-state index in [-0.39, 0.29) is 5.78 Å². The number of carbonyl (C=O) groups excluding carboxylic acids is 1. The van der Waals surface area contributed by atoms with Crippen molar-refractivity contribution < 1.29 is 4.79 Å². The summed E-state index contributed by atoms with van der Waals surface area (Å²) in [7, 11) is 0. The van der Waals surface area contributed by atoms with Crippen LogP contribution in [0.5, 0.6) is 0 Å². The fourth-order valence-electron chi connectivity index (χ4n) is 2.45. The average molecular weight is 264 g/mol. The summed E-state index contributed by atoms with van der Waals surface area (Å²) in [4.78, 5) is 12.3. The lowest BCUT2D eigenvalue weighted by molar-refractivity contribution is 0.0983. The largest absolute Gasteiger partial charge is 0.292 e. The number of benzene rings is 2. The number of aryl methyl sites for hydroxylation is 1. The SMILES string of the molecule is CCn1nccc1C(=O)Cc1ccc2ccccc2c1. The van der Waals surface area contributed by atoms with Crippen LogP contribution >= 0.6 is 0 Å². The smallest absolute Gasteiger partial charge is 0.185 e. The first-order chi connectivity index (χ1) is 9.78. The molecule has 20 heavy (non-hydrogen) atoms. The fraction of sp³-hybridized carbons (Fsp3) is 0.176. The Morgan fingerprint density at radius 2 is 1.90 bits per heavy atom. The maximum absolute atomic E-state index is 12.3. The highest BCUT2D eigenvalue weighted by Gasteiger charge is 2.12. The third-order valence-corrected chi connectivity index (χ3v) is 3.48. The Labute approximate surface area is 117 Å². The first-order valence-electron chi connectivity index (χ1n) is 6.80. The lowest BCUT2D eigenvalue weighted by Crippen LogP contribution is -2.11. The minimum absolute atomic E-state index is 0.111. The molecule has 0 aliphatic heterocycles. The summed E-state index contributed by atoms with van der Waals surface area (Å²) in [6.07, 6.45) is 2.09. The van der Waals surface area contributed by atoms with Crippen molar-refractivity contribution in [3.63, 3.8) is 0 Å². The zero-order valence-electron chi connectivity index (χ0n) is 11.4. The Morgan fingerprint density at radius 1 is 1.10 bits per heavy atom. The Bertz CT molecular complexity index is 758. The number of aromatic nitrogens is 2. The number of carbonyl (C=O) groups is 1. The minimum atomic E-state index is 0.111. The number of nitrogens with zero attached hydrogens (tertiary/aromatic N) is 2. The van der Waals surface area contributed by atoms with Gasteiger partial charge in [-0.05, 0) is 29.3 Å². The molecule has 1 aromatic heterocycles. The van der Waals surface area contributed by atoms with E-state index in [4.69, 9.17) is 0 Å². The predicted molar refractivity (Wildman–Crippen MR) is 79.9 cm³/mol. The standard InChI is InChI=1S/C17H16N2O/c1-2-19-16(9-10-18-19)17(20)12-13-7-8-14-5-3-4-6-15(14)11-13/h3-11H,2,12H2,1H3. The minimum Gasteiger partial charge on any atom is -0.292 e. The van der Waals surface area contributed by atoms with Crippen LogP contribution in [0.1, 0.15) is 23.0 Å².